The van der Waals surface area contributed by atoms with E-state index in [4.69, 9.17) is 4.74 Å². The Morgan fingerprint density at radius 2 is 2.35 bits per heavy atom. The molecule has 2 heterocycles. The first kappa shape index (κ1) is 17.4. The molecule has 1 aromatic heterocycles. The van der Waals surface area contributed by atoms with Crippen LogP contribution >= 0.6 is 35.3 Å². The van der Waals surface area contributed by atoms with Crippen molar-refractivity contribution in [3.8, 4) is 0 Å². The first-order valence-corrected chi connectivity index (χ1v) is 9.11. The van der Waals surface area contributed by atoms with Crippen LogP contribution in [0.4, 0.5) is 0 Å². The predicted octanol–water partition coefficient (Wildman–Crippen LogP) is 2.69. The number of nitrogens with one attached hydrogen (secondary N) is 2. The van der Waals surface area contributed by atoms with E-state index in [1.807, 2.05) is 14.0 Å². The van der Waals surface area contributed by atoms with Crippen molar-refractivity contribution in [2.24, 2.45) is 16.3 Å². The minimum Gasteiger partial charge on any atom is -0.377 e. The van der Waals surface area contributed by atoms with Crippen molar-refractivity contribution >= 4 is 41.3 Å². The SMILES string of the molecule is CN=C(NCc1nc(C)cs1)NC1C2CCOC2C12CCC2.I. The Balaban J connectivity index is 0.00000156. The topological polar surface area (TPSA) is 58.5 Å². The lowest BCUT2D eigenvalue weighted by Crippen LogP contribution is -2.72. The normalized spacial score (nSPS) is 30.9. The molecule has 1 spiro atoms. The minimum absolute atomic E-state index is 0. The highest BCUT2D eigenvalue weighted by Crippen LogP contribution is 2.62. The van der Waals surface area contributed by atoms with Crippen LogP contribution in [-0.2, 0) is 11.3 Å². The van der Waals surface area contributed by atoms with E-state index in [1.54, 1.807) is 11.3 Å². The molecule has 3 unspecified atom stereocenters. The molecule has 5 nitrogen and oxygen atoms in total. The molecule has 3 atom stereocenters. The molecule has 0 amide bonds. The Kier molecular flexibility index (Phi) is 5.18. The van der Waals surface area contributed by atoms with Crippen molar-refractivity contribution in [3.63, 3.8) is 0 Å². The molecule has 1 aromatic rings. The van der Waals surface area contributed by atoms with Crippen LogP contribution in [0, 0.1) is 18.3 Å². The molecule has 23 heavy (non-hydrogen) atoms. The van der Waals surface area contributed by atoms with E-state index < -0.39 is 0 Å². The maximum atomic E-state index is 5.98. The van der Waals surface area contributed by atoms with Crippen LogP contribution < -0.4 is 10.6 Å². The fourth-order valence-corrected chi connectivity index (χ4v) is 5.15. The maximum absolute atomic E-state index is 5.98. The zero-order chi connectivity index (χ0) is 15.2. The summed E-state index contributed by atoms with van der Waals surface area (Å²) in [6, 6.07) is 0.526. The maximum Gasteiger partial charge on any atom is 0.191 e. The zero-order valence-electron chi connectivity index (χ0n) is 13.7. The summed E-state index contributed by atoms with van der Waals surface area (Å²) in [5, 5.41) is 10.3. The van der Waals surface area contributed by atoms with Crippen molar-refractivity contribution in [2.75, 3.05) is 13.7 Å². The van der Waals surface area contributed by atoms with Crippen LogP contribution in [0.5, 0.6) is 0 Å². The third-order valence-corrected chi connectivity index (χ3v) is 6.59. The third kappa shape index (κ3) is 2.89. The van der Waals surface area contributed by atoms with Gasteiger partial charge in [0.2, 0.25) is 0 Å². The van der Waals surface area contributed by atoms with Crippen LogP contribution in [-0.4, -0.2) is 36.7 Å². The van der Waals surface area contributed by atoms with E-state index in [9.17, 15) is 0 Å². The highest BCUT2D eigenvalue weighted by molar-refractivity contribution is 14.0. The fourth-order valence-electron chi connectivity index (χ4n) is 4.44. The Morgan fingerprint density at radius 3 is 2.96 bits per heavy atom. The average molecular weight is 448 g/mol. The summed E-state index contributed by atoms with van der Waals surface area (Å²) < 4.78 is 5.98. The van der Waals surface area contributed by atoms with Crippen LogP contribution in [0.1, 0.15) is 36.4 Å². The average Bonchev–Trinajstić information content (AvgIpc) is 3.05. The molecule has 128 valence electrons. The van der Waals surface area contributed by atoms with Crippen LogP contribution in [0.2, 0.25) is 0 Å². The molecule has 0 aromatic carbocycles. The highest BCUT2D eigenvalue weighted by atomic mass is 127. The molecule has 1 saturated heterocycles. The molecular weight excluding hydrogens is 423 g/mol. The number of halogens is 1. The standard InChI is InChI=1S/C16H24N4OS.HI/c1-10-9-22-12(19-10)8-18-15(17-2)20-13-11-4-7-21-14(11)16(13)5-3-6-16;/h9,11,13-14H,3-8H2,1-2H3,(H2,17,18,20);1H. The summed E-state index contributed by atoms with van der Waals surface area (Å²) in [4.78, 5) is 8.89. The van der Waals surface area contributed by atoms with Gasteiger partial charge in [-0.25, -0.2) is 4.98 Å². The predicted molar refractivity (Wildman–Crippen MR) is 104 cm³/mol. The van der Waals surface area contributed by atoms with Gasteiger partial charge in [-0.3, -0.25) is 4.99 Å². The summed E-state index contributed by atoms with van der Waals surface area (Å²) in [6.07, 6.45) is 5.63. The van der Waals surface area contributed by atoms with Gasteiger partial charge in [0, 0.05) is 42.1 Å². The van der Waals surface area contributed by atoms with Gasteiger partial charge in [0.05, 0.1) is 12.6 Å². The molecule has 0 bridgehead atoms. The molecular formula is C16H25IN4OS. The largest absolute Gasteiger partial charge is 0.377 e. The number of guanidine groups is 1. The Morgan fingerprint density at radius 1 is 1.52 bits per heavy atom. The smallest absolute Gasteiger partial charge is 0.191 e. The first-order chi connectivity index (χ1) is 10.7. The van der Waals surface area contributed by atoms with Crippen molar-refractivity contribution < 1.29 is 4.74 Å². The molecule has 0 radical (unpaired) electrons. The van der Waals surface area contributed by atoms with Gasteiger partial charge < -0.3 is 15.4 Å². The number of rotatable bonds is 3. The van der Waals surface area contributed by atoms with Gasteiger partial charge in [-0.15, -0.1) is 35.3 Å². The Bertz CT molecular complexity index is 586. The van der Waals surface area contributed by atoms with Gasteiger partial charge in [-0.1, -0.05) is 6.42 Å². The number of nitrogens with zero attached hydrogens (tertiary/aromatic N) is 2. The van der Waals surface area contributed by atoms with Crippen LogP contribution in [0.25, 0.3) is 0 Å². The van der Waals surface area contributed by atoms with Crippen LogP contribution in [0.3, 0.4) is 0 Å². The highest BCUT2D eigenvalue weighted by Gasteiger charge is 2.66. The molecule has 2 N–H and O–H groups in total. The monoisotopic (exact) mass is 448 g/mol. The van der Waals surface area contributed by atoms with E-state index in [-0.39, 0.29) is 24.0 Å². The van der Waals surface area contributed by atoms with E-state index in [0.29, 0.717) is 23.5 Å². The number of thiazole rings is 1. The fraction of sp³-hybridized carbons (Fsp3) is 0.750. The molecule has 7 heteroatoms. The summed E-state index contributed by atoms with van der Waals surface area (Å²) in [5.41, 5.74) is 1.47. The molecule has 2 aliphatic carbocycles. The first-order valence-electron chi connectivity index (χ1n) is 8.23. The number of aromatic nitrogens is 1. The zero-order valence-corrected chi connectivity index (χ0v) is 16.8. The second-order valence-corrected chi connectivity index (χ2v) is 7.70. The van der Waals surface area contributed by atoms with Crippen molar-refractivity contribution in [1.29, 1.82) is 0 Å². The summed E-state index contributed by atoms with van der Waals surface area (Å²) in [5.74, 6) is 1.57. The quantitative estimate of drug-likeness (QED) is 0.424. The van der Waals surface area contributed by atoms with Gasteiger partial charge in [0.1, 0.15) is 5.01 Å². The van der Waals surface area contributed by atoms with Crippen molar-refractivity contribution in [3.05, 3.63) is 16.1 Å². The van der Waals surface area contributed by atoms with Gasteiger partial charge in [-0.2, -0.15) is 0 Å². The number of fused-ring (bicyclic) bond motifs is 2. The van der Waals surface area contributed by atoms with Crippen molar-refractivity contribution in [1.82, 2.24) is 15.6 Å². The summed E-state index contributed by atoms with van der Waals surface area (Å²) >= 11 is 1.70. The molecule has 1 aliphatic heterocycles. The Hall–Kier alpha value is -0.410. The Labute approximate surface area is 158 Å². The number of aryl methyl sites for hydroxylation is 1. The van der Waals surface area contributed by atoms with E-state index in [0.717, 1.165) is 29.8 Å². The summed E-state index contributed by atoms with van der Waals surface area (Å²) in [7, 11) is 1.84. The van der Waals surface area contributed by atoms with Gasteiger partial charge in [-0.05, 0) is 26.2 Å². The number of hydrogen-bond donors (Lipinski definition) is 2. The number of aliphatic imine (C=N–C) groups is 1. The van der Waals surface area contributed by atoms with E-state index in [2.05, 4.69) is 26.0 Å². The molecule has 2 saturated carbocycles. The lowest BCUT2D eigenvalue weighted by atomic mass is 9.46. The van der Waals surface area contributed by atoms with E-state index in [1.165, 1.54) is 25.7 Å². The second kappa shape index (κ2) is 6.84. The summed E-state index contributed by atoms with van der Waals surface area (Å²) in [6.45, 7) is 3.70. The van der Waals surface area contributed by atoms with Crippen LogP contribution in [0.15, 0.2) is 10.4 Å². The molecule has 3 fully saturated rings. The molecule has 4 rings (SSSR count). The second-order valence-electron chi connectivity index (χ2n) is 6.76. The van der Waals surface area contributed by atoms with Crippen molar-refractivity contribution in [2.45, 2.75) is 51.3 Å². The lowest BCUT2D eigenvalue weighted by molar-refractivity contribution is -0.171. The number of hydrogen-bond acceptors (Lipinski definition) is 4. The molecule has 3 aliphatic rings. The van der Waals surface area contributed by atoms with Gasteiger partial charge in [0.25, 0.3) is 0 Å². The third-order valence-electron chi connectivity index (χ3n) is 5.63. The van der Waals surface area contributed by atoms with Gasteiger partial charge in [0.15, 0.2) is 5.96 Å². The lowest BCUT2D eigenvalue weighted by Gasteiger charge is -2.63. The number of ether oxygens (including phenoxy) is 1. The van der Waals surface area contributed by atoms with Gasteiger partial charge >= 0.3 is 0 Å². The minimum atomic E-state index is 0. The van der Waals surface area contributed by atoms with E-state index >= 15 is 0 Å².